The zero-order valence-electron chi connectivity index (χ0n) is 18.4. The molecule has 4 rings (SSSR count). The number of nitrogens with zero attached hydrogens (tertiary/aromatic N) is 2. The third kappa shape index (κ3) is 4.75. The van der Waals surface area contributed by atoms with E-state index in [2.05, 4.69) is 47.5 Å². The van der Waals surface area contributed by atoms with Crippen LogP contribution in [0, 0.1) is 0 Å². The maximum atomic E-state index is 5.50. The van der Waals surface area contributed by atoms with Crippen LogP contribution in [0.4, 0.5) is 0 Å². The second-order valence-corrected chi connectivity index (χ2v) is 7.71. The monoisotopic (exact) mass is 420 g/mol. The first-order valence-corrected chi connectivity index (χ1v) is 10.6. The molecule has 0 atom stereocenters. The molecule has 3 aromatic carbocycles. The summed E-state index contributed by atoms with van der Waals surface area (Å²) in [5, 5.41) is 9.50. The summed E-state index contributed by atoms with van der Waals surface area (Å²) in [7, 11) is 4.89. The molecule has 6 nitrogen and oxygen atoms in total. The number of rotatable bonds is 7. The minimum absolute atomic E-state index is 0.641. The lowest BCUT2D eigenvalue weighted by Gasteiger charge is -2.30. The largest absolute Gasteiger partial charge is 0.496 e. The molecule has 31 heavy (non-hydrogen) atoms. The Hall–Kier alpha value is -3.25. The quantitative estimate of drug-likeness (QED) is 0.597. The first-order valence-electron chi connectivity index (χ1n) is 10.6. The van der Waals surface area contributed by atoms with Gasteiger partial charge in [0.05, 0.1) is 53.7 Å². The summed E-state index contributed by atoms with van der Waals surface area (Å²) in [4.78, 5) is 1.59. The van der Waals surface area contributed by atoms with Gasteiger partial charge in [0.1, 0.15) is 12.3 Å². The van der Waals surface area contributed by atoms with Gasteiger partial charge in [0.2, 0.25) is 0 Å². The van der Waals surface area contributed by atoms with Crippen LogP contribution in [0.1, 0.15) is 11.1 Å². The Morgan fingerprint density at radius 1 is 0.871 bits per heavy atom. The molecule has 3 aromatic rings. The fraction of sp³-hybridized carbons (Fsp3) is 0.320. The number of nitrogens with one attached hydrogen (secondary N) is 1. The highest BCUT2D eigenvalue weighted by molar-refractivity contribution is 5.86. The molecule has 1 aliphatic rings. The van der Waals surface area contributed by atoms with E-state index >= 15 is 0 Å². The second kappa shape index (κ2) is 9.71. The normalized spacial score (nSPS) is 14.9. The Bertz CT molecular complexity index is 1050. The van der Waals surface area contributed by atoms with Crippen LogP contribution in [-0.2, 0) is 6.54 Å². The summed E-state index contributed by atoms with van der Waals surface area (Å²) in [6.07, 6.45) is 1.84. The smallest absolute Gasteiger partial charge is 0.164 e. The Labute approximate surface area is 183 Å². The van der Waals surface area contributed by atoms with Gasteiger partial charge in [0, 0.05) is 17.2 Å². The van der Waals surface area contributed by atoms with Gasteiger partial charge in [-0.1, -0.05) is 42.5 Å². The number of hydrogen-bond donors (Lipinski definition) is 1. The number of ether oxygens (including phenoxy) is 3. The SMILES string of the molecule is COc1cc(OC)c(OC)cc1/C=N\N1CC[NH+](Cc2cccc3ccccc23)CC1. The third-order valence-electron chi connectivity index (χ3n) is 5.86. The highest BCUT2D eigenvalue weighted by Gasteiger charge is 2.20. The molecular weight excluding hydrogens is 390 g/mol. The lowest BCUT2D eigenvalue weighted by atomic mass is 10.0. The molecule has 162 valence electrons. The molecule has 1 aliphatic heterocycles. The van der Waals surface area contributed by atoms with Crippen LogP contribution in [0.15, 0.2) is 59.7 Å². The van der Waals surface area contributed by atoms with Crippen molar-refractivity contribution in [3.8, 4) is 17.2 Å². The lowest BCUT2D eigenvalue weighted by molar-refractivity contribution is -0.918. The number of hydrogen-bond acceptors (Lipinski definition) is 5. The molecule has 1 heterocycles. The molecule has 0 saturated carbocycles. The van der Waals surface area contributed by atoms with E-state index in [0.717, 1.165) is 38.3 Å². The molecule has 1 fully saturated rings. The Morgan fingerprint density at radius 2 is 1.55 bits per heavy atom. The van der Waals surface area contributed by atoms with Gasteiger partial charge in [-0.05, 0) is 16.8 Å². The fourth-order valence-corrected chi connectivity index (χ4v) is 4.12. The van der Waals surface area contributed by atoms with Gasteiger partial charge in [-0.25, -0.2) is 0 Å². The molecular formula is C25H30N3O3+. The Morgan fingerprint density at radius 3 is 2.29 bits per heavy atom. The highest BCUT2D eigenvalue weighted by atomic mass is 16.5. The Balaban J connectivity index is 1.40. The van der Waals surface area contributed by atoms with Crippen LogP contribution in [0.25, 0.3) is 10.8 Å². The van der Waals surface area contributed by atoms with Crippen molar-refractivity contribution in [3.63, 3.8) is 0 Å². The van der Waals surface area contributed by atoms with Gasteiger partial charge in [-0.15, -0.1) is 0 Å². The summed E-state index contributed by atoms with van der Waals surface area (Å²) in [5.41, 5.74) is 2.28. The van der Waals surface area contributed by atoms with Crippen molar-refractivity contribution in [3.05, 3.63) is 65.7 Å². The third-order valence-corrected chi connectivity index (χ3v) is 5.86. The van der Waals surface area contributed by atoms with E-state index in [-0.39, 0.29) is 0 Å². The second-order valence-electron chi connectivity index (χ2n) is 7.71. The fourth-order valence-electron chi connectivity index (χ4n) is 4.12. The van der Waals surface area contributed by atoms with Crippen molar-refractivity contribution in [2.75, 3.05) is 47.5 Å². The van der Waals surface area contributed by atoms with E-state index in [1.54, 1.807) is 26.2 Å². The first kappa shape index (κ1) is 21.0. The van der Waals surface area contributed by atoms with E-state index in [0.29, 0.717) is 17.2 Å². The molecule has 0 radical (unpaired) electrons. The number of quaternary nitrogens is 1. The molecule has 0 bridgehead atoms. The first-order chi connectivity index (χ1) is 15.2. The van der Waals surface area contributed by atoms with Gasteiger partial charge in [-0.2, -0.15) is 5.10 Å². The van der Waals surface area contributed by atoms with E-state index in [4.69, 9.17) is 19.3 Å². The van der Waals surface area contributed by atoms with Crippen molar-refractivity contribution < 1.29 is 19.1 Å². The molecule has 6 heteroatoms. The predicted molar refractivity (Wildman–Crippen MR) is 124 cm³/mol. The predicted octanol–water partition coefficient (Wildman–Crippen LogP) is 2.60. The topological polar surface area (TPSA) is 47.7 Å². The van der Waals surface area contributed by atoms with Crippen molar-refractivity contribution >= 4 is 17.0 Å². The van der Waals surface area contributed by atoms with Gasteiger partial charge in [0.15, 0.2) is 11.5 Å². The zero-order chi connectivity index (χ0) is 21.6. The summed E-state index contributed by atoms with van der Waals surface area (Å²) in [6.45, 7) is 5.01. The number of methoxy groups -OCH3 is 3. The van der Waals surface area contributed by atoms with Crippen LogP contribution in [0.2, 0.25) is 0 Å². The van der Waals surface area contributed by atoms with Crippen LogP contribution in [0.5, 0.6) is 17.2 Å². The molecule has 0 amide bonds. The highest BCUT2D eigenvalue weighted by Crippen LogP contribution is 2.33. The van der Waals surface area contributed by atoms with E-state index < -0.39 is 0 Å². The average molecular weight is 421 g/mol. The zero-order valence-corrected chi connectivity index (χ0v) is 18.4. The molecule has 0 aromatic heterocycles. The van der Waals surface area contributed by atoms with Gasteiger partial charge >= 0.3 is 0 Å². The van der Waals surface area contributed by atoms with Gasteiger partial charge in [0.25, 0.3) is 0 Å². The van der Waals surface area contributed by atoms with Crippen LogP contribution >= 0.6 is 0 Å². The number of benzene rings is 3. The van der Waals surface area contributed by atoms with Gasteiger partial charge in [-0.3, -0.25) is 5.01 Å². The molecule has 0 aliphatic carbocycles. The minimum atomic E-state index is 0.641. The average Bonchev–Trinajstić information content (AvgIpc) is 2.83. The number of hydrazone groups is 1. The summed E-state index contributed by atoms with van der Waals surface area (Å²) in [5.74, 6) is 2.01. The maximum absolute atomic E-state index is 5.50. The molecule has 0 spiro atoms. The summed E-state index contributed by atoms with van der Waals surface area (Å²) < 4.78 is 16.3. The van der Waals surface area contributed by atoms with Crippen LogP contribution in [-0.4, -0.2) is 58.7 Å². The summed E-state index contributed by atoms with van der Waals surface area (Å²) >= 11 is 0. The summed E-state index contributed by atoms with van der Waals surface area (Å²) in [6, 6.07) is 18.9. The van der Waals surface area contributed by atoms with Crippen molar-refractivity contribution in [1.82, 2.24) is 5.01 Å². The van der Waals surface area contributed by atoms with Crippen molar-refractivity contribution in [2.24, 2.45) is 5.10 Å². The number of fused-ring (bicyclic) bond motifs is 1. The molecule has 1 N–H and O–H groups in total. The standard InChI is InChI=1S/C25H29N3O3/c1-29-23-16-25(31-3)24(30-2)15-21(23)17-26-28-13-11-27(12-14-28)18-20-9-6-8-19-7-4-5-10-22(19)20/h4-10,15-17H,11-14,18H2,1-3H3/p+1/b26-17-. The van der Waals surface area contributed by atoms with Crippen LogP contribution in [0.3, 0.4) is 0 Å². The van der Waals surface area contributed by atoms with E-state index in [1.807, 2.05) is 18.3 Å². The van der Waals surface area contributed by atoms with Crippen molar-refractivity contribution in [2.45, 2.75) is 6.54 Å². The Kier molecular flexibility index (Phi) is 6.57. The molecule has 0 unspecified atom stereocenters. The van der Waals surface area contributed by atoms with Crippen molar-refractivity contribution in [1.29, 1.82) is 0 Å². The maximum Gasteiger partial charge on any atom is 0.164 e. The number of piperazine rings is 1. The molecule has 1 saturated heterocycles. The van der Waals surface area contributed by atoms with Crippen LogP contribution < -0.4 is 19.1 Å². The van der Waals surface area contributed by atoms with E-state index in [9.17, 15) is 0 Å². The minimum Gasteiger partial charge on any atom is -0.496 e. The van der Waals surface area contributed by atoms with Gasteiger partial charge < -0.3 is 19.1 Å². The van der Waals surface area contributed by atoms with E-state index in [1.165, 1.54) is 16.3 Å². The lowest BCUT2D eigenvalue weighted by Crippen LogP contribution is -3.13.